The van der Waals surface area contributed by atoms with Crippen molar-refractivity contribution >= 4 is 39.9 Å². The molecule has 1 aromatic carbocycles. The van der Waals surface area contributed by atoms with Crippen molar-refractivity contribution in [3.8, 4) is 11.5 Å². The molecule has 0 bridgehead atoms. The van der Waals surface area contributed by atoms with Gasteiger partial charge in [-0.1, -0.05) is 0 Å². The highest BCUT2D eigenvalue weighted by atomic mass is 79.9. The number of carbonyl (C=O) groups is 3. The number of amides is 3. The standard InChI is InChI=1S/C15H19BrN4O5/c1-4-24-11-6-9(7-18-19-15(23)14(17)22)5-10(16)13(11)25-8-12(21)20(2)3/h5-7H,4,8H2,1-3H3,(H2,17,22)(H,19,23). The zero-order valence-electron chi connectivity index (χ0n) is 14.0. The Labute approximate surface area is 153 Å². The quantitative estimate of drug-likeness (QED) is 0.376. The van der Waals surface area contributed by atoms with Gasteiger partial charge in [-0.3, -0.25) is 14.4 Å². The van der Waals surface area contributed by atoms with E-state index in [0.717, 1.165) is 0 Å². The van der Waals surface area contributed by atoms with E-state index in [2.05, 4.69) is 21.0 Å². The predicted octanol–water partition coefficient (Wildman–Crippen LogP) is 0.250. The van der Waals surface area contributed by atoms with Gasteiger partial charge in [-0.25, -0.2) is 5.43 Å². The Morgan fingerprint density at radius 2 is 2.00 bits per heavy atom. The van der Waals surface area contributed by atoms with Crippen LogP contribution in [-0.2, 0) is 14.4 Å². The molecule has 0 aliphatic rings. The normalized spacial score (nSPS) is 10.4. The third kappa shape index (κ3) is 6.42. The van der Waals surface area contributed by atoms with Crippen LogP contribution in [-0.4, -0.2) is 56.1 Å². The highest BCUT2D eigenvalue weighted by Crippen LogP contribution is 2.36. The van der Waals surface area contributed by atoms with Gasteiger partial charge in [0.25, 0.3) is 5.91 Å². The van der Waals surface area contributed by atoms with Gasteiger partial charge in [0.05, 0.1) is 17.3 Å². The molecule has 1 rings (SSSR count). The number of hydrogen-bond donors (Lipinski definition) is 2. The average Bonchev–Trinajstić information content (AvgIpc) is 2.53. The number of benzene rings is 1. The summed E-state index contributed by atoms with van der Waals surface area (Å²) < 4.78 is 11.6. The van der Waals surface area contributed by atoms with Crippen LogP contribution < -0.4 is 20.6 Å². The van der Waals surface area contributed by atoms with Crippen LogP contribution in [0.5, 0.6) is 11.5 Å². The minimum absolute atomic E-state index is 0.145. The van der Waals surface area contributed by atoms with Crippen LogP contribution in [0, 0.1) is 0 Å². The lowest BCUT2D eigenvalue weighted by atomic mass is 10.2. The van der Waals surface area contributed by atoms with E-state index in [-0.39, 0.29) is 12.5 Å². The molecule has 3 amide bonds. The molecule has 0 atom stereocenters. The van der Waals surface area contributed by atoms with Crippen LogP contribution >= 0.6 is 15.9 Å². The number of halogens is 1. The Morgan fingerprint density at radius 1 is 1.32 bits per heavy atom. The molecule has 0 aromatic heterocycles. The Hall–Kier alpha value is -2.62. The summed E-state index contributed by atoms with van der Waals surface area (Å²) in [5.74, 6) is -1.60. The van der Waals surface area contributed by atoms with Gasteiger partial charge in [0, 0.05) is 14.1 Å². The van der Waals surface area contributed by atoms with Crippen LogP contribution in [0.25, 0.3) is 0 Å². The molecule has 0 fully saturated rings. The van der Waals surface area contributed by atoms with Gasteiger partial charge in [-0.15, -0.1) is 0 Å². The number of hydrazone groups is 1. The van der Waals surface area contributed by atoms with Gasteiger partial charge in [-0.05, 0) is 40.5 Å². The molecular formula is C15H19BrN4O5. The monoisotopic (exact) mass is 414 g/mol. The van der Waals surface area contributed by atoms with Crippen LogP contribution in [0.4, 0.5) is 0 Å². The highest BCUT2D eigenvalue weighted by molar-refractivity contribution is 9.10. The number of ether oxygens (including phenoxy) is 2. The van der Waals surface area contributed by atoms with Crippen LogP contribution in [0.3, 0.4) is 0 Å². The molecule has 0 spiro atoms. The fourth-order valence-corrected chi connectivity index (χ4v) is 2.12. The molecule has 1 aromatic rings. The van der Waals surface area contributed by atoms with E-state index in [1.54, 1.807) is 33.2 Å². The van der Waals surface area contributed by atoms with Gasteiger partial charge < -0.3 is 20.1 Å². The fourth-order valence-electron chi connectivity index (χ4n) is 1.55. The maximum Gasteiger partial charge on any atom is 0.329 e. The number of carbonyl (C=O) groups excluding carboxylic acids is 3. The Bertz CT molecular complexity index is 691. The maximum absolute atomic E-state index is 11.7. The van der Waals surface area contributed by atoms with E-state index in [1.807, 2.05) is 5.43 Å². The number of rotatable bonds is 7. The van der Waals surface area contributed by atoms with Crippen molar-refractivity contribution in [1.82, 2.24) is 10.3 Å². The van der Waals surface area contributed by atoms with Gasteiger partial charge >= 0.3 is 11.8 Å². The summed E-state index contributed by atoms with van der Waals surface area (Å²) in [7, 11) is 3.26. The van der Waals surface area contributed by atoms with Crippen molar-refractivity contribution in [2.75, 3.05) is 27.3 Å². The zero-order valence-corrected chi connectivity index (χ0v) is 15.6. The average molecular weight is 415 g/mol. The zero-order chi connectivity index (χ0) is 19.0. The lowest BCUT2D eigenvalue weighted by Crippen LogP contribution is -2.32. The number of nitrogens with zero attached hydrogens (tertiary/aromatic N) is 2. The first-order chi connectivity index (χ1) is 11.8. The Balaban J connectivity index is 2.97. The molecule has 0 aliphatic carbocycles. The van der Waals surface area contributed by atoms with Crippen LogP contribution in [0.2, 0.25) is 0 Å². The van der Waals surface area contributed by atoms with Gasteiger partial charge in [0.15, 0.2) is 18.1 Å². The number of nitrogens with two attached hydrogens (primary N) is 1. The third-order valence-electron chi connectivity index (χ3n) is 2.77. The smallest absolute Gasteiger partial charge is 0.329 e. The summed E-state index contributed by atoms with van der Waals surface area (Å²) in [6, 6.07) is 3.27. The topological polar surface area (TPSA) is 123 Å². The number of likely N-dealkylation sites (N-methyl/N-ethyl adjacent to an activating group) is 1. The molecule has 136 valence electrons. The van der Waals surface area contributed by atoms with Crippen molar-refractivity contribution < 1.29 is 23.9 Å². The maximum atomic E-state index is 11.7. The molecule has 0 heterocycles. The Morgan fingerprint density at radius 3 is 2.56 bits per heavy atom. The van der Waals surface area contributed by atoms with Crippen LogP contribution in [0.1, 0.15) is 12.5 Å². The first-order valence-electron chi connectivity index (χ1n) is 7.18. The first-order valence-corrected chi connectivity index (χ1v) is 7.97. The molecule has 0 saturated carbocycles. The molecule has 9 nitrogen and oxygen atoms in total. The summed E-state index contributed by atoms with van der Waals surface area (Å²) in [5.41, 5.74) is 7.35. The second kappa shape index (κ2) is 9.62. The first kappa shape index (κ1) is 20.4. The fraction of sp³-hybridized carbons (Fsp3) is 0.333. The van der Waals surface area contributed by atoms with E-state index >= 15 is 0 Å². The minimum atomic E-state index is -1.14. The summed E-state index contributed by atoms with van der Waals surface area (Å²) in [6.07, 6.45) is 1.31. The lowest BCUT2D eigenvalue weighted by Gasteiger charge is -2.16. The summed E-state index contributed by atoms with van der Waals surface area (Å²) in [6.45, 7) is 2.04. The summed E-state index contributed by atoms with van der Waals surface area (Å²) >= 11 is 3.35. The van der Waals surface area contributed by atoms with E-state index in [0.29, 0.717) is 28.1 Å². The van der Waals surface area contributed by atoms with Crippen molar-refractivity contribution in [3.63, 3.8) is 0 Å². The van der Waals surface area contributed by atoms with Crippen molar-refractivity contribution in [3.05, 3.63) is 22.2 Å². The minimum Gasteiger partial charge on any atom is -0.490 e. The predicted molar refractivity (Wildman–Crippen MR) is 94.4 cm³/mol. The summed E-state index contributed by atoms with van der Waals surface area (Å²) in [5, 5.41) is 3.63. The molecule has 0 aliphatic heterocycles. The van der Waals surface area contributed by atoms with Gasteiger partial charge in [0.1, 0.15) is 0 Å². The van der Waals surface area contributed by atoms with Crippen LogP contribution in [0.15, 0.2) is 21.7 Å². The molecule has 3 N–H and O–H groups in total. The van der Waals surface area contributed by atoms with Crippen molar-refractivity contribution in [2.45, 2.75) is 6.92 Å². The molecule has 0 radical (unpaired) electrons. The molecule has 0 unspecified atom stereocenters. The molecular weight excluding hydrogens is 396 g/mol. The number of hydrogen-bond acceptors (Lipinski definition) is 6. The lowest BCUT2D eigenvalue weighted by molar-refractivity contribution is -0.137. The largest absolute Gasteiger partial charge is 0.490 e. The third-order valence-corrected chi connectivity index (χ3v) is 3.36. The highest BCUT2D eigenvalue weighted by Gasteiger charge is 2.14. The van der Waals surface area contributed by atoms with Gasteiger partial charge in [0.2, 0.25) is 0 Å². The van der Waals surface area contributed by atoms with E-state index in [1.165, 1.54) is 11.1 Å². The van der Waals surface area contributed by atoms with E-state index in [9.17, 15) is 14.4 Å². The Kier molecular flexibility index (Phi) is 7.86. The SMILES string of the molecule is CCOc1cc(C=NNC(=O)C(N)=O)cc(Br)c1OCC(=O)N(C)C. The number of nitrogens with one attached hydrogen (secondary N) is 1. The molecule has 25 heavy (non-hydrogen) atoms. The second-order valence-electron chi connectivity index (χ2n) is 4.90. The molecule has 0 saturated heterocycles. The van der Waals surface area contributed by atoms with Crippen molar-refractivity contribution in [1.29, 1.82) is 0 Å². The van der Waals surface area contributed by atoms with E-state index < -0.39 is 11.8 Å². The molecule has 10 heteroatoms. The van der Waals surface area contributed by atoms with Gasteiger partial charge in [-0.2, -0.15) is 5.10 Å². The number of primary amides is 1. The second-order valence-corrected chi connectivity index (χ2v) is 5.76. The summed E-state index contributed by atoms with van der Waals surface area (Å²) in [4.78, 5) is 34.7. The van der Waals surface area contributed by atoms with Crippen molar-refractivity contribution in [2.24, 2.45) is 10.8 Å². The van der Waals surface area contributed by atoms with E-state index in [4.69, 9.17) is 15.2 Å².